The predicted molar refractivity (Wildman–Crippen MR) is 148 cm³/mol. The quantitative estimate of drug-likeness (QED) is 0.374. The van der Waals surface area contributed by atoms with E-state index in [9.17, 15) is 0 Å². The molecule has 0 N–H and O–H groups in total. The van der Waals surface area contributed by atoms with Crippen LogP contribution in [0, 0.1) is 0 Å². The van der Waals surface area contributed by atoms with Gasteiger partial charge < -0.3 is 18.9 Å². The van der Waals surface area contributed by atoms with Gasteiger partial charge in [-0.3, -0.25) is 0 Å². The van der Waals surface area contributed by atoms with Crippen molar-refractivity contribution in [2.45, 2.75) is 51.4 Å². The number of hydrogen-bond donors (Lipinski definition) is 0. The van der Waals surface area contributed by atoms with Crippen molar-refractivity contribution in [2.24, 2.45) is 0 Å². The van der Waals surface area contributed by atoms with Crippen LogP contribution in [0.25, 0.3) is 0 Å². The van der Waals surface area contributed by atoms with Crippen LogP contribution in [0.1, 0.15) is 51.4 Å². The van der Waals surface area contributed by atoms with Gasteiger partial charge in [-0.2, -0.15) is 0 Å². The van der Waals surface area contributed by atoms with Crippen molar-refractivity contribution in [2.75, 3.05) is 26.4 Å². The summed E-state index contributed by atoms with van der Waals surface area (Å²) in [7, 11) is 0. The first kappa shape index (κ1) is 27.2. The molecule has 0 radical (unpaired) electrons. The Kier molecular flexibility index (Phi) is 11.2. The van der Waals surface area contributed by atoms with E-state index in [0.717, 1.165) is 96.7 Å². The van der Waals surface area contributed by atoms with E-state index < -0.39 is 0 Å². The zero-order valence-electron chi connectivity index (χ0n) is 21.6. The molecule has 0 amide bonds. The monoisotopic (exact) mass is 488 g/mol. The maximum atomic E-state index is 5.94. The summed E-state index contributed by atoms with van der Waals surface area (Å²) < 4.78 is 23.7. The van der Waals surface area contributed by atoms with Crippen molar-refractivity contribution >= 4 is 0 Å². The average molecular weight is 489 g/mol. The second-order valence-corrected chi connectivity index (χ2v) is 9.17. The average Bonchev–Trinajstić information content (AvgIpc) is 2.89. The Morgan fingerprint density at radius 3 is 0.917 bits per heavy atom. The van der Waals surface area contributed by atoms with E-state index in [1.807, 2.05) is 48.5 Å². The van der Waals surface area contributed by atoms with Crippen LogP contribution in [0.5, 0.6) is 23.0 Å². The summed E-state index contributed by atoms with van der Waals surface area (Å²) in [5.74, 6) is 3.28. The molecule has 0 fully saturated rings. The summed E-state index contributed by atoms with van der Waals surface area (Å²) in [6.45, 7) is 19.3. The van der Waals surface area contributed by atoms with Gasteiger partial charge in [0.25, 0.3) is 0 Å². The van der Waals surface area contributed by atoms with Gasteiger partial charge in [-0.25, -0.2) is 0 Å². The van der Waals surface area contributed by atoms with Crippen LogP contribution in [-0.4, -0.2) is 26.4 Å². The standard InChI is InChI=1S/C32H40O4/c1-25-11-7-19-33-29-15-5-17-31(23-29)35-21-9-13-27(3)28(4)14-10-22-36-32-18-6-16-30(24-32)34-20-8-12-26(25)2/h5-6,15-18,23-24H,1-4,7-14,19-22H2. The highest BCUT2D eigenvalue weighted by Crippen LogP contribution is 2.24. The Morgan fingerprint density at radius 1 is 0.417 bits per heavy atom. The van der Waals surface area contributed by atoms with E-state index in [1.54, 1.807) is 0 Å². The minimum atomic E-state index is 0.624. The maximum Gasteiger partial charge on any atom is 0.122 e. The molecule has 4 heteroatoms. The zero-order chi connectivity index (χ0) is 25.6. The largest absolute Gasteiger partial charge is 0.493 e. The van der Waals surface area contributed by atoms with Gasteiger partial charge >= 0.3 is 0 Å². The van der Waals surface area contributed by atoms with Crippen molar-refractivity contribution in [3.63, 3.8) is 0 Å². The van der Waals surface area contributed by atoms with Crippen LogP contribution in [-0.2, 0) is 0 Å². The molecule has 0 unspecified atom stereocenters. The van der Waals surface area contributed by atoms with E-state index in [-0.39, 0.29) is 0 Å². The minimum Gasteiger partial charge on any atom is -0.493 e. The zero-order valence-corrected chi connectivity index (χ0v) is 21.6. The molecule has 2 aromatic rings. The number of allylic oxidation sites excluding steroid dienone is 4. The third-order valence-corrected chi connectivity index (χ3v) is 6.18. The lowest BCUT2D eigenvalue weighted by Gasteiger charge is -2.13. The fraction of sp³-hybridized carbons (Fsp3) is 0.375. The number of benzene rings is 2. The number of rotatable bonds is 0. The smallest absolute Gasteiger partial charge is 0.122 e. The Hall–Kier alpha value is -3.40. The lowest BCUT2D eigenvalue weighted by molar-refractivity contribution is 0.293. The third kappa shape index (κ3) is 9.69. The Morgan fingerprint density at radius 2 is 0.667 bits per heavy atom. The summed E-state index contributed by atoms with van der Waals surface area (Å²) in [4.78, 5) is 0. The van der Waals surface area contributed by atoms with Gasteiger partial charge in [0, 0.05) is 12.1 Å². The summed E-state index contributed by atoms with van der Waals surface area (Å²) in [5, 5.41) is 0. The molecule has 36 heavy (non-hydrogen) atoms. The molecule has 4 bridgehead atoms. The molecular weight excluding hydrogens is 448 g/mol. The van der Waals surface area contributed by atoms with Crippen molar-refractivity contribution < 1.29 is 18.9 Å². The molecular formula is C32H40O4. The van der Waals surface area contributed by atoms with Gasteiger partial charge in [0.1, 0.15) is 23.0 Å². The van der Waals surface area contributed by atoms with Crippen molar-refractivity contribution in [1.82, 2.24) is 0 Å². The first-order valence-corrected chi connectivity index (χ1v) is 12.9. The Balaban J connectivity index is 1.56. The molecule has 0 aliphatic carbocycles. The van der Waals surface area contributed by atoms with E-state index in [1.165, 1.54) is 0 Å². The van der Waals surface area contributed by atoms with Crippen LogP contribution in [0.3, 0.4) is 0 Å². The van der Waals surface area contributed by atoms with Gasteiger partial charge in [0.2, 0.25) is 0 Å². The molecule has 1 aliphatic rings. The van der Waals surface area contributed by atoms with E-state index in [2.05, 4.69) is 26.3 Å². The van der Waals surface area contributed by atoms with E-state index in [4.69, 9.17) is 18.9 Å². The molecule has 0 spiro atoms. The molecule has 4 nitrogen and oxygen atoms in total. The topological polar surface area (TPSA) is 36.9 Å². The molecule has 0 aromatic heterocycles. The SMILES string of the molecule is C=C1CCCOc2cccc(c2)OCCCC(=C)C(=C)CCCOc2cccc(c2)OCCCC1=C. The minimum absolute atomic E-state index is 0.624. The fourth-order valence-electron chi connectivity index (χ4n) is 3.92. The van der Waals surface area contributed by atoms with Crippen LogP contribution in [0.2, 0.25) is 0 Å². The van der Waals surface area contributed by atoms with E-state index >= 15 is 0 Å². The van der Waals surface area contributed by atoms with Gasteiger partial charge in [0.15, 0.2) is 0 Å². The summed E-state index contributed by atoms with van der Waals surface area (Å²) in [6.07, 6.45) is 7.01. The van der Waals surface area contributed by atoms with Crippen molar-refractivity contribution in [1.29, 1.82) is 0 Å². The van der Waals surface area contributed by atoms with Crippen molar-refractivity contribution in [3.8, 4) is 23.0 Å². The van der Waals surface area contributed by atoms with E-state index in [0.29, 0.717) is 26.4 Å². The van der Waals surface area contributed by atoms with Gasteiger partial charge in [-0.1, -0.05) is 60.7 Å². The number of ether oxygens (including phenoxy) is 4. The fourth-order valence-corrected chi connectivity index (χ4v) is 3.92. The highest BCUT2D eigenvalue weighted by Gasteiger charge is 2.06. The molecule has 2 aromatic carbocycles. The molecule has 0 saturated heterocycles. The third-order valence-electron chi connectivity index (χ3n) is 6.18. The van der Waals surface area contributed by atoms with Crippen molar-refractivity contribution in [3.05, 3.63) is 97.1 Å². The second-order valence-electron chi connectivity index (χ2n) is 9.17. The maximum absolute atomic E-state index is 5.94. The van der Waals surface area contributed by atoms with Gasteiger partial charge in [-0.15, -0.1) is 0 Å². The highest BCUT2D eigenvalue weighted by molar-refractivity contribution is 5.34. The molecule has 1 aliphatic heterocycles. The Labute approximate surface area is 216 Å². The predicted octanol–water partition coefficient (Wildman–Crippen LogP) is 8.26. The normalized spacial score (nSPS) is 17.8. The lowest BCUT2D eigenvalue weighted by Crippen LogP contribution is -2.03. The first-order valence-electron chi connectivity index (χ1n) is 12.9. The molecule has 3 rings (SSSR count). The molecule has 0 saturated carbocycles. The molecule has 0 atom stereocenters. The number of fused-ring (bicyclic) bond motifs is 4. The summed E-state index contributed by atoms with van der Waals surface area (Å²) >= 11 is 0. The van der Waals surface area contributed by atoms with Crippen LogP contribution in [0.15, 0.2) is 97.1 Å². The Bertz CT molecular complexity index is 878. The summed E-state index contributed by atoms with van der Waals surface area (Å²) in [6, 6.07) is 15.6. The van der Waals surface area contributed by atoms with Gasteiger partial charge in [0.05, 0.1) is 26.4 Å². The molecule has 192 valence electrons. The lowest BCUT2D eigenvalue weighted by atomic mass is 10.0. The molecule has 1 heterocycles. The van der Waals surface area contributed by atoms with Gasteiger partial charge in [-0.05, 0) is 75.6 Å². The van der Waals surface area contributed by atoms with Crippen LogP contribution in [0.4, 0.5) is 0 Å². The summed E-state index contributed by atoms with van der Waals surface area (Å²) in [5.41, 5.74) is 4.32. The second kappa shape index (κ2) is 14.9. The van der Waals surface area contributed by atoms with Crippen LogP contribution >= 0.6 is 0 Å². The first-order chi connectivity index (χ1) is 17.5. The van der Waals surface area contributed by atoms with Crippen LogP contribution < -0.4 is 18.9 Å². The highest BCUT2D eigenvalue weighted by atomic mass is 16.5. The number of hydrogen-bond acceptors (Lipinski definition) is 4.